The molecule has 20 heavy (non-hydrogen) atoms. The Labute approximate surface area is 115 Å². The Morgan fingerprint density at radius 2 is 2.20 bits per heavy atom. The lowest BCUT2D eigenvalue weighted by atomic mass is 10.1. The zero-order valence-electron chi connectivity index (χ0n) is 11.5. The number of aromatic amines is 2. The highest BCUT2D eigenvalue weighted by molar-refractivity contribution is 5.79. The summed E-state index contributed by atoms with van der Waals surface area (Å²) in [5, 5.41) is 9.24. The van der Waals surface area contributed by atoms with Gasteiger partial charge in [0.25, 0.3) is 0 Å². The largest absolute Gasteiger partial charge is 0.346 e. The summed E-state index contributed by atoms with van der Waals surface area (Å²) < 4.78 is 0. The van der Waals surface area contributed by atoms with E-state index in [9.17, 15) is 9.59 Å². The average Bonchev–Trinajstić information content (AvgIpc) is 2.87. The average molecular weight is 276 g/mol. The fourth-order valence-electron chi connectivity index (χ4n) is 1.96. The van der Waals surface area contributed by atoms with Gasteiger partial charge in [0.2, 0.25) is 5.91 Å². The first-order valence-corrected chi connectivity index (χ1v) is 6.18. The minimum atomic E-state index is -0.404. The first-order chi connectivity index (χ1) is 9.47. The molecule has 0 fully saturated rings. The molecule has 2 aromatic heterocycles. The van der Waals surface area contributed by atoms with Crippen LogP contribution in [0.5, 0.6) is 0 Å². The van der Waals surface area contributed by atoms with Gasteiger partial charge in [-0.3, -0.25) is 9.89 Å². The topological polar surface area (TPSA) is 116 Å². The van der Waals surface area contributed by atoms with Gasteiger partial charge in [0.15, 0.2) is 0 Å². The molecule has 106 valence electrons. The standard InChI is InChI=1S/C12H16N6O2/c1-6-9(7(2)17-12(20)16-6)4-10(19)15-8(3)11-13-5-14-18-11/h5,8H,4H2,1-3H3,(H,15,19)(H,13,14,18)(H,16,17,20). The van der Waals surface area contributed by atoms with Gasteiger partial charge in [0.05, 0.1) is 12.5 Å². The molecule has 0 saturated carbocycles. The van der Waals surface area contributed by atoms with Crippen molar-refractivity contribution in [2.24, 2.45) is 0 Å². The lowest BCUT2D eigenvalue weighted by Crippen LogP contribution is -2.30. The first-order valence-electron chi connectivity index (χ1n) is 6.18. The Balaban J connectivity index is 2.07. The van der Waals surface area contributed by atoms with Crippen LogP contribution in [0.3, 0.4) is 0 Å². The Kier molecular flexibility index (Phi) is 3.92. The number of hydrogen-bond donors (Lipinski definition) is 3. The van der Waals surface area contributed by atoms with Gasteiger partial charge in [-0.25, -0.2) is 9.78 Å². The van der Waals surface area contributed by atoms with Crippen LogP contribution in [0.25, 0.3) is 0 Å². The van der Waals surface area contributed by atoms with E-state index >= 15 is 0 Å². The molecular formula is C12H16N6O2. The molecule has 0 aliphatic rings. The molecule has 0 aromatic carbocycles. The highest BCUT2D eigenvalue weighted by atomic mass is 16.2. The van der Waals surface area contributed by atoms with Crippen molar-refractivity contribution in [2.75, 3.05) is 0 Å². The number of nitrogens with one attached hydrogen (secondary N) is 3. The summed E-state index contributed by atoms with van der Waals surface area (Å²) in [4.78, 5) is 33.6. The Morgan fingerprint density at radius 1 is 1.45 bits per heavy atom. The molecule has 2 aromatic rings. The summed E-state index contributed by atoms with van der Waals surface area (Å²) in [7, 11) is 0. The van der Waals surface area contributed by atoms with Crippen LogP contribution < -0.4 is 11.0 Å². The van der Waals surface area contributed by atoms with Crippen molar-refractivity contribution in [3.05, 3.63) is 39.6 Å². The van der Waals surface area contributed by atoms with Gasteiger partial charge in [-0.05, 0) is 20.8 Å². The molecule has 0 bridgehead atoms. The van der Waals surface area contributed by atoms with Gasteiger partial charge in [-0.15, -0.1) is 0 Å². The number of nitrogens with zero attached hydrogens (tertiary/aromatic N) is 3. The van der Waals surface area contributed by atoms with Crippen LogP contribution in [0.15, 0.2) is 11.1 Å². The van der Waals surface area contributed by atoms with Gasteiger partial charge in [-0.1, -0.05) is 0 Å². The summed E-state index contributed by atoms with van der Waals surface area (Å²) in [6.45, 7) is 5.27. The van der Waals surface area contributed by atoms with Crippen molar-refractivity contribution in [1.29, 1.82) is 0 Å². The monoisotopic (exact) mass is 276 g/mol. The van der Waals surface area contributed by atoms with Crippen LogP contribution in [-0.4, -0.2) is 31.1 Å². The number of aryl methyl sites for hydroxylation is 2. The minimum Gasteiger partial charge on any atom is -0.346 e. The summed E-state index contributed by atoms with van der Waals surface area (Å²) in [6.07, 6.45) is 1.54. The fourth-order valence-corrected chi connectivity index (χ4v) is 1.96. The third-order valence-electron chi connectivity index (χ3n) is 3.01. The van der Waals surface area contributed by atoms with Crippen molar-refractivity contribution in [3.8, 4) is 0 Å². The first kappa shape index (κ1) is 13.9. The van der Waals surface area contributed by atoms with E-state index in [0.29, 0.717) is 17.2 Å². The Morgan fingerprint density at radius 3 is 2.80 bits per heavy atom. The second-order valence-electron chi connectivity index (χ2n) is 4.57. The van der Waals surface area contributed by atoms with E-state index in [4.69, 9.17) is 0 Å². The number of hydrogen-bond acceptors (Lipinski definition) is 5. The van der Waals surface area contributed by atoms with E-state index in [1.165, 1.54) is 6.33 Å². The maximum atomic E-state index is 12.0. The number of carbonyl (C=O) groups is 1. The lowest BCUT2D eigenvalue weighted by molar-refractivity contribution is -0.121. The van der Waals surface area contributed by atoms with Crippen LogP contribution in [0.2, 0.25) is 0 Å². The molecule has 1 unspecified atom stereocenters. The summed E-state index contributed by atoms with van der Waals surface area (Å²) in [6, 6.07) is -0.263. The van der Waals surface area contributed by atoms with Crippen LogP contribution in [0.4, 0.5) is 0 Å². The lowest BCUT2D eigenvalue weighted by Gasteiger charge is -2.12. The van der Waals surface area contributed by atoms with Gasteiger partial charge in [0, 0.05) is 17.0 Å². The molecule has 8 nitrogen and oxygen atoms in total. The third-order valence-corrected chi connectivity index (χ3v) is 3.01. The van der Waals surface area contributed by atoms with Crippen molar-refractivity contribution in [3.63, 3.8) is 0 Å². The SMILES string of the molecule is Cc1nc(=O)[nH]c(C)c1CC(=O)NC(C)c1ncn[nH]1. The van der Waals surface area contributed by atoms with E-state index in [1.54, 1.807) is 13.8 Å². The van der Waals surface area contributed by atoms with E-state index in [2.05, 4.69) is 30.5 Å². The smallest absolute Gasteiger partial charge is 0.345 e. The predicted octanol–water partition coefficient (Wildman–Crippen LogP) is -0.0753. The molecule has 3 N–H and O–H groups in total. The minimum absolute atomic E-state index is 0.153. The van der Waals surface area contributed by atoms with Gasteiger partial charge < -0.3 is 10.3 Å². The molecule has 2 heterocycles. The zero-order chi connectivity index (χ0) is 14.7. The summed E-state index contributed by atoms with van der Waals surface area (Å²) in [5.41, 5.74) is 1.55. The number of aromatic nitrogens is 5. The molecule has 0 radical (unpaired) electrons. The maximum Gasteiger partial charge on any atom is 0.345 e. The van der Waals surface area contributed by atoms with E-state index in [0.717, 1.165) is 5.56 Å². The molecule has 1 atom stereocenters. The highest BCUT2D eigenvalue weighted by Gasteiger charge is 2.15. The summed E-state index contributed by atoms with van der Waals surface area (Å²) >= 11 is 0. The number of amides is 1. The predicted molar refractivity (Wildman–Crippen MR) is 71.0 cm³/mol. The highest BCUT2D eigenvalue weighted by Crippen LogP contribution is 2.09. The quantitative estimate of drug-likeness (QED) is 0.722. The molecule has 0 spiro atoms. The zero-order valence-corrected chi connectivity index (χ0v) is 11.5. The van der Waals surface area contributed by atoms with Crippen molar-refractivity contribution < 1.29 is 4.79 Å². The molecule has 2 rings (SSSR count). The number of H-pyrrole nitrogens is 2. The maximum absolute atomic E-state index is 12.0. The second kappa shape index (κ2) is 5.64. The van der Waals surface area contributed by atoms with Gasteiger partial charge >= 0.3 is 5.69 Å². The van der Waals surface area contributed by atoms with Gasteiger partial charge in [-0.2, -0.15) is 10.1 Å². The van der Waals surface area contributed by atoms with E-state index < -0.39 is 5.69 Å². The Bertz CT molecular complexity index is 635. The van der Waals surface area contributed by atoms with Crippen LogP contribution >= 0.6 is 0 Å². The van der Waals surface area contributed by atoms with E-state index in [-0.39, 0.29) is 18.4 Å². The number of carbonyl (C=O) groups excluding carboxylic acids is 1. The van der Waals surface area contributed by atoms with Gasteiger partial charge in [0.1, 0.15) is 12.2 Å². The van der Waals surface area contributed by atoms with Crippen molar-refractivity contribution in [2.45, 2.75) is 33.2 Å². The van der Waals surface area contributed by atoms with Crippen LogP contribution in [-0.2, 0) is 11.2 Å². The fraction of sp³-hybridized carbons (Fsp3) is 0.417. The number of rotatable bonds is 4. The molecule has 0 aliphatic carbocycles. The second-order valence-corrected chi connectivity index (χ2v) is 4.57. The summed E-state index contributed by atoms with van der Waals surface area (Å²) in [5.74, 6) is 0.417. The molecular weight excluding hydrogens is 260 g/mol. The van der Waals surface area contributed by atoms with Crippen LogP contribution in [0.1, 0.15) is 35.7 Å². The van der Waals surface area contributed by atoms with Crippen molar-refractivity contribution in [1.82, 2.24) is 30.5 Å². The van der Waals surface area contributed by atoms with E-state index in [1.807, 2.05) is 6.92 Å². The normalized spacial score (nSPS) is 12.2. The van der Waals surface area contributed by atoms with Crippen LogP contribution in [0, 0.1) is 13.8 Å². The molecule has 0 saturated heterocycles. The molecule has 8 heteroatoms. The van der Waals surface area contributed by atoms with Crippen molar-refractivity contribution >= 4 is 5.91 Å². The molecule has 0 aliphatic heterocycles. The molecule has 1 amide bonds. The third kappa shape index (κ3) is 3.08. The Hall–Kier alpha value is -2.51.